The third kappa shape index (κ3) is 3.80. The van der Waals surface area contributed by atoms with Gasteiger partial charge < -0.3 is 14.5 Å². The summed E-state index contributed by atoms with van der Waals surface area (Å²) in [5, 5.41) is 0. The number of piperidine rings is 1. The van der Waals surface area contributed by atoms with E-state index in [0.29, 0.717) is 13.1 Å². The Bertz CT molecular complexity index is 680. The lowest BCUT2D eigenvalue weighted by atomic mass is 9.72. The summed E-state index contributed by atoms with van der Waals surface area (Å²) < 4.78 is 5.56. The van der Waals surface area contributed by atoms with Gasteiger partial charge in [0, 0.05) is 37.7 Å². The van der Waals surface area contributed by atoms with Crippen LogP contribution in [0.15, 0.2) is 24.3 Å². The predicted octanol–water partition coefficient (Wildman–Crippen LogP) is 3.61. The Balaban J connectivity index is 1.84. The van der Waals surface area contributed by atoms with Crippen molar-refractivity contribution in [2.45, 2.75) is 52.6 Å². The first-order valence-corrected chi connectivity index (χ1v) is 9.03. The highest BCUT2D eigenvalue weighted by Crippen LogP contribution is 2.42. The van der Waals surface area contributed by atoms with Crippen LogP contribution in [0.1, 0.15) is 46.1 Å². The number of anilines is 1. The van der Waals surface area contributed by atoms with Gasteiger partial charge in [-0.1, -0.05) is 18.2 Å². The molecule has 5 nitrogen and oxygen atoms in total. The quantitative estimate of drug-likeness (QED) is 0.722. The van der Waals surface area contributed by atoms with E-state index in [4.69, 9.17) is 4.74 Å². The van der Waals surface area contributed by atoms with Crippen molar-refractivity contribution in [3.05, 3.63) is 29.8 Å². The van der Waals surface area contributed by atoms with E-state index in [1.165, 1.54) is 5.56 Å². The lowest BCUT2D eigenvalue weighted by molar-refractivity contribution is -0.117. The molecule has 0 bridgehead atoms. The summed E-state index contributed by atoms with van der Waals surface area (Å²) in [6, 6.07) is 8.10. The summed E-state index contributed by atoms with van der Waals surface area (Å²) in [4.78, 5) is 28.4. The third-order valence-corrected chi connectivity index (χ3v) is 5.03. The zero-order chi connectivity index (χ0) is 18.2. The first-order valence-electron chi connectivity index (χ1n) is 9.03. The van der Waals surface area contributed by atoms with Gasteiger partial charge in [0.25, 0.3) is 0 Å². The van der Waals surface area contributed by atoms with E-state index in [1.54, 1.807) is 6.92 Å². The monoisotopic (exact) mass is 344 g/mol. The van der Waals surface area contributed by atoms with Crippen molar-refractivity contribution in [2.75, 3.05) is 24.5 Å². The zero-order valence-electron chi connectivity index (χ0n) is 15.7. The van der Waals surface area contributed by atoms with Crippen molar-refractivity contribution in [3.63, 3.8) is 0 Å². The first-order chi connectivity index (χ1) is 11.7. The molecule has 25 heavy (non-hydrogen) atoms. The van der Waals surface area contributed by atoms with Crippen LogP contribution in [0.4, 0.5) is 10.5 Å². The van der Waals surface area contributed by atoms with Gasteiger partial charge in [-0.15, -0.1) is 0 Å². The Hall–Kier alpha value is -2.04. The number of rotatable bonds is 0. The maximum Gasteiger partial charge on any atom is 0.410 e. The van der Waals surface area contributed by atoms with Crippen LogP contribution in [0.3, 0.4) is 0 Å². The number of benzene rings is 1. The lowest BCUT2D eigenvalue weighted by Gasteiger charge is -2.48. The summed E-state index contributed by atoms with van der Waals surface area (Å²) in [7, 11) is 0. The molecule has 0 saturated carbocycles. The minimum absolute atomic E-state index is 0.0564. The molecule has 1 fully saturated rings. The topological polar surface area (TPSA) is 49.9 Å². The smallest absolute Gasteiger partial charge is 0.410 e. The minimum atomic E-state index is -0.494. The Kier molecular flexibility index (Phi) is 4.52. The van der Waals surface area contributed by atoms with E-state index >= 15 is 0 Å². The van der Waals surface area contributed by atoms with Gasteiger partial charge in [0.15, 0.2) is 0 Å². The summed E-state index contributed by atoms with van der Waals surface area (Å²) in [6.07, 6.45) is 2.60. The predicted molar refractivity (Wildman–Crippen MR) is 97.6 cm³/mol. The molecule has 136 valence electrons. The molecular formula is C20H28N2O3. The van der Waals surface area contributed by atoms with Crippen molar-refractivity contribution in [2.24, 2.45) is 5.41 Å². The first kappa shape index (κ1) is 17.8. The highest BCUT2D eigenvalue weighted by molar-refractivity contribution is 5.93. The van der Waals surface area contributed by atoms with Crippen LogP contribution in [0.2, 0.25) is 0 Å². The molecule has 2 aliphatic rings. The van der Waals surface area contributed by atoms with Gasteiger partial charge in [0.2, 0.25) is 5.91 Å². The van der Waals surface area contributed by atoms with E-state index in [0.717, 1.165) is 31.5 Å². The van der Waals surface area contributed by atoms with Crippen molar-refractivity contribution in [3.8, 4) is 0 Å². The fraction of sp³-hybridized carbons (Fsp3) is 0.600. The Labute approximate surface area is 149 Å². The average molecular weight is 344 g/mol. The molecule has 5 heteroatoms. The number of para-hydroxylation sites is 1. The number of carbonyl (C=O) groups excluding carboxylic acids is 2. The van der Waals surface area contributed by atoms with Gasteiger partial charge in [-0.25, -0.2) is 4.79 Å². The van der Waals surface area contributed by atoms with Crippen molar-refractivity contribution in [1.82, 2.24) is 4.90 Å². The van der Waals surface area contributed by atoms with E-state index in [-0.39, 0.29) is 17.4 Å². The Morgan fingerprint density at radius 1 is 1.16 bits per heavy atom. The molecule has 0 N–H and O–H groups in total. The summed E-state index contributed by atoms with van der Waals surface area (Å²) >= 11 is 0. The van der Waals surface area contributed by atoms with Crippen LogP contribution in [-0.2, 0) is 16.0 Å². The Morgan fingerprint density at radius 2 is 1.88 bits per heavy atom. The van der Waals surface area contributed by atoms with Gasteiger partial charge in [-0.2, -0.15) is 0 Å². The maximum absolute atomic E-state index is 12.5. The third-order valence-electron chi connectivity index (χ3n) is 5.03. The van der Waals surface area contributed by atoms with E-state index in [9.17, 15) is 9.59 Å². The molecule has 2 amide bonds. The van der Waals surface area contributed by atoms with Crippen LogP contribution in [0.5, 0.6) is 0 Å². The molecule has 2 aliphatic heterocycles. The standard InChI is InChI=1S/C20H28N2O3/c1-15(23)22-14-20(12-16-8-5-6-9-17(16)22)10-7-11-21(13-20)18(24)25-19(2,3)4/h5-6,8-9H,7,10-14H2,1-4H3. The Morgan fingerprint density at radius 3 is 2.56 bits per heavy atom. The molecule has 1 atom stereocenters. The molecule has 1 unspecified atom stereocenters. The molecule has 1 spiro atoms. The van der Waals surface area contributed by atoms with Crippen LogP contribution < -0.4 is 4.90 Å². The number of ether oxygens (including phenoxy) is 1. The van der Waals surface area contributed by atoms with E-state index < -0.39 is 5.60 Å². The highest BCUT2D eigenvalue weighted by atomic mass is 16.6. The average Bonchev–Trinajstić information content (AvgIpc) is 2.52. The summed E-state index contributed by atoms with van der Waals surface area (Å²) in [6.45, 7) is 9.30. The molecule has 1 saturated heterocycles. The molecule has 2 heterocycles. The van der Waals surface area contributed by atoms with E-state index in [2.05, 4.69) is 6.07 Å². The molecule has 0 aromatic heterocycles. The number of fused-ring (bicyclic) bond motifs is 1. The number of carbonyl (C=O) groups is 2. The van der Waals surface area contributed by atoms with Gasteiger partial charge in [-0.3, -0.25) is 4.79 Å². The lowest BCUT2D eigenvalue weighted by Crippen LogP contribution is -2.55. The van der Waals surface area contributed by atoms with Crippen molar-refractivity contribution < 1.29 is 14.3 Å². The van der Waals surface area contributed by atoms with Gasteiger partial charge >= 0.3 is 6.09 Å². The highest BCUT2D eigenvalue weighted by Gasteiger charge is 2.43. The number of nitrogens with zero attached hydrogens (tertiary/aromatic N) is 2. The number of likely N-dealkylation sites (tertiary alicyclic amines) is 1. The SMILES string of the molecule is CC(=O)N1CC2(CCCN(C(=O)OC(C)(C)C)C2)Cc2ccccc21. The molecule has 0 radical (unpaired) electrons. The van der Waals surface area contributed by atoms with Gasteiger partial charge in [0.1, 0.15) is 5.60 Å². The number of hydrogen-bond acceptors (Lipinski definition) is 3. The number of hydrogen-bond donors (Lipinski definition) is 0. The van der Waals surface area contributed by atoms with Gasteiger partial charge in [0.05, 0.1) is 0 Å². The fourth-order valence-corrected chi connectivity index (χ4v) is 4.05. The fourth-order valence-electron chi connectivity index (χ4n) is 4.05. The second-order valence-electron chi connectivity index (χ2n) is 8.42. The summed E-state index contributed by atoms with van der Waals surface area (Å²) in [5.74, 6) is 0.0564. The zero-order valence-corrected chi connectivity index (χ0v) is 15.7. The van der Waals surface area contributed by atoms with Crippen molar-refractivity contribution >= 4 is 17.7 Å². The largest absolute Gasteiger partial charge is 0.444 e. The molecule has 1 aromatic carbocycles. The van der Waals surface area contributed by atoms with Gasteiger partial charge in [-0.05, 0) is 51.7 Å². The second-order valence-corrected chi connectivity index (χ2v) is 8.42. The number of amides is 2. The van der Waals surface area contributed by atoms with Crippen LogP contribution in [-0.4, -0.2) is 42.1 Å². The van der Waals surface area contributed by atoms with Crippen LogP contribution in [0, 0.1) is 5.41 Å². The maximum atomic E-state index is 12.5. The second kappa shape index (κ2) is 6.36. The molecule has 3 rings (SSSR count). The normalized spacial score (nSPS) is 23.4. The molecular weight excluding hydrogens is 316 g/mol. The van der Waals surface area contributed by atoms with Crippen LogP contribution >= 0.6 is 0 Å². The minimum Gasteiger partial charge on any atom is -0.444 e. The summed E-state index contributed by atoms with van der Waals surface area (Å²) in [5.41, 5.74) is 1.62. The van der Waals surface area contributed by atoms with Crippen LogP contribution in [0.25, 0.3) is 0 Å². The molecule has 1 aromatic rings. The molecule has 0 aliphatic carbocycles. The van der Waals surface area contributed by atoms with E-state index in [1.807, 2.05) is 48.8 Å². The van der Waals surface area contributed by atoms with Crippen molar-refractivity contribution in [1.29, 1.82) is 0 Å².